The number of benzene rings is 5. The van der Waals surface area contributed by atoms with E-state index in [1.54, 1.807) is 81.4 Å². The lowest BCUT2D eigenvalue weighted by Crippen LogP contribution is -2.08. The summed E-state index contributed by atoms with van der Waals surface area (Å²) in [6.45, 7) is 6.11. The minimum atomic E-state index is -4.66. The summed E-state index contributed by atoms with van der Waals surface area (Å²) in [5.41, 5.74) is 3.67. The Morgan fingerprint density at radius 3 is 2.00 bits per heavy atom. The van der Waals surface area contributed by atoms with Crippen LogP contribution in [-0.2, 0) is 56.4 Å². The molecule has 8 aromatic rings. The number of aromatic nitrogens is 3. The molecule has 0 saturated carbocycles. The number of aromatic hydroxyl groups is 1. The Hall–Kier alpha value is -8.12. The second-order valence-electron chi connectivity index (χ2n) is 16.9. The van der Waals surface area contributed by atoms with Gasteiger partial charge in [0, 0.05) is 34.5 Å². The number of aryl methyl sites for hydroxylation is 2. The van der Waals surface area contributed by atoms with Gasteiger partial charge in [0.25, 0.3) is 30.4 Å². The molecule has 0 radical (unpaired) electrons. The highest BCUT2D eigenvalue weighted by atomic mass is 32.2. The maximum atomic E-state index is 12.4. The van der Waals surface area contributed by atoms with Gasteiger partial charge in [0.15, 0.2) is 11.3 Å². The second kappa shape index (κ2) is 26.6. The molecule has 430 valence electrons. The summed E-state index contributed by atoms with van der Waals surface area (Å²) in [7, 11) is -19.5. The number of azo groups is 3. The molecule has 0 spiro atoms. The first kappa shape index (κ1) is 63.1. The van der Waals surface area contributed by atoms with Crippen LogP contribution in [0.3, 0.4) is 0 Å². The van der Waals surface area contributed by atoms with E-state index < -0.39 is 69.0 Å². The summed E-state index contributed by atoms with van der Waals surface area (Å²) in [5.74, 6) is -1.57. The number of nitrogens with zero attached hydrogens (tertiary/aromatic N) is 10. The van der Waals surface area contributed by atoms with E-state index in [9.17, 15) is 54.1 Å². The van der Waals surface area contributed by atoms with Gasteiger partial charge in [0.05, 0.1) is 50.9 Å². The molecule has 0 bridgehead atoms. The molecule has 82 heavy (non-hydrogen) atoms. The molecule has 0 aliphatic rings. The Labute approximate surface area is 475 Å². The number of imidazole rings is 1. The van der Waals surface area contributed by atoms with Crippen molar-refractivity contribution < 1.29 is 78.8 Å². The zero-order chi connectivity index (χ0) is 60.4. The van der Waals surface area contributed by atoms with Crippen molar-refractivity contribution in [3.05, 3.63) is 95.1 Å². The van der Waals surface area contributed by atoms with E-state index in [0.717, 1.165) is 11.3 Å². The van der Waals surface area contributed by atoms with Crippen molar-refractivity contribution >= 4 is 158 Å². The summed E-state index contributed by atoms with van der Waals surface area (Å²) in [4.78, 5) is 20.7. The molecule has 3 heterocycles. The maximum Gasteiger partial charge on any atom is 0.425 e. The Morgan fingerprint density at radius 2 is 1.37 bits per heavy atom. The van der Waals surface area contributed by atoms with E-state index >= 15 is 0 Å². The van der Waals surface area contributed by atoms with E-state index in [0.29, 0.717) is 59.6 Å². The van der Waals surface area contributed by atoms with E-state index in [1.807, 2.05) is 0 Å². The van der Waals surface area contributed by atoms with Crippen LogP contribution in [0, 0.1) is 32.1 Å². The first-order valence-corrected chi connectivity index (χ1v) is 31.3. The molecule has 3 aromatic heterocycles. The lowest BCUT2D eigenvalue weighted by atomic mass is 10.1. The van der Waals surface area contributed by atoms with Gasteiger partial charge in [0.1, 0.15) is 33.5 Å². The monoisotopic (exact) mass is 1260 g/mol. The van der Waals surface area contributed by atoms with Crippen LogP contribution in [0.4, 0.5) is 39.3 Å². The Morgan fingerprint density at radius 1 is 0.768 bits per heavy atom. The minimum absolute atomic E-state index is 0.0245. The fraction of sp³-hybridized carbons (Fsp3) is 0.217. The number of nitriles is 1. The van der Waals surface area contributed by atoms with Gasteiger partial charge in [-0.2, -0.15) is 35.6 Å². The maximum absolute atomic E-state index is 12.4. The fourth-order valence-electron chi connectivity index (χ4n) is 7.58. The van der Waals surface area contributed by atoms with Gasteiger partial charge in [-0.1, -0.05) is 35.6 Å². The zero-order valence-electron chi connectivity index (χ0n) is 42.5. The fourth-order valence-corrected chi connectivity index (χ4v) is 11.4. The Bertz CT molecular complexity index is 4570. The molecule has 1 amide bonds. The van der Waals surface area contributed by atoms with Crippen molar-refractivity contribution in [2.75, 3.05) is 29.2 Å². The van der Waals surface area contributed by atoms with Crippen LogP contribution in [-0.4, -0.2) is 113 Å². The van der Waals surface area contributed by atoms with Crippen molar-refractivity contribution in [3.8, 4) is 17.7 Å². The molecule has 0 aliphatic carbocycles. The first-order chi connectivity index (χ1) is 38.4. The average Bonchev–Trinajstić information content (AvgIpc) is 3.87. The highest BCUT2D eigenvalue weighted by Gasteiger charge is 2.23. The van der Waals surface area contributed by atoms with Gasteiger partial charge in [-0.15, -0.1) is 62.6 Å². The second-order valence-corrected chi connectivity index (χ2v) is 24.3. The lowest BCUT2D eigenvalue weighted by Gasteiger charge is -2.12. The Balaban J connectivity index is 0.00000127. The molecule has 0 saturated heterocycles. The van der Waals surface area contributed by atoms with Crippen LogP contribution in [0.5, 0.6) is 11.6 Å². The predicted octanol–water partition coefficient (Wildman–Crippen LogP) is 9.22. The standard InChI is InChI=1S/C46H41N11O12S5.2O3S/c1-24-17-35(53-55-41-26(3)31(23-47)44-49-34-20-29(48-27(4)58)11-12-37(34)57(44)45(41)59)38(69-13-7-15-72(60,61)62)21-32(24)51-54-36-18-25(2)33(22-39(36)70-14-8-16-73(63,64)65)52-56-46-50-42-40(74(66,67)68)19-28-9-5-6-10-30(28)43(42)71-46;2*1-4(2)3/h5-6,9-12,17-22,59H,7-8,13-16H2,1-4H3,(H,48,58)(H,60,61,62)(H,63,64,65)(H,66,67,68);;. The normalized spacial score (nSPS) is 12.0. The number of thioether (sulfide) groups is 1. The van der Waals surface area contributed by atoms with Crippen LogP contribution < -0.4 is 10.1 Å². The van der Waals surface area contributed by atoms with Crippen LogP contribution in [0.2, 0.25) is 0 Å². The van der Waals surface area contributed by atoms with Crippen LogP contribution in [0.25, 0.3) is 37.7 Å². The van der Waals surface area contributed by atoms with Gasteiger partial charge in [-0.05, 0) is 98.3 Å². The van der Waals surface area contributed by atoms with E-state index in [-0.39, 0.29) is 86.2 Å². The molecular weight excluding hydrogens is 1220 g/mol. The Kier molecular flexibility index (Phi) is 20.5. The molecule has 29 nitrogen and oxygen atoms in total. The van der Waals surface area contributed by atoms with Crippen molar-refractivity contribution in [1.82, 2.24) is 14.4 Å². The number of carbonyl (C=O) groups is 1. The minimum Gasteiger partial charge on any atom is -0.493 e. The number of rotatable bonds is 18. The van der Waals surface area contributed by atoms with Crippen LogP contribution in [0.15, 0.2) is 113 Å². The third-order valence-electron chi connectivity index (χ3n) is 11.0. The number of anilines is 1. The highest BCUT2D eigenvalue weighted by molar-refractivity contribution is 7.99. The van der Waals surface area contributed by atoms with E-state index in [2.05, 4.69) is 52.0 Å². The summed E-state index contributed by atoms with van der Waals surface area (Å²) >= 11 is 2.26. The largest absolute Gasteiger partial charge is 0.493 e. The molecule has 5 aromatic carbocycles. The highest BCUT2D eigenvalue weighted by Crippen LogP contribution is 2.44. The summed E-state index contributed by atoms with van der Waals surface area (Å²) in [6.07, 6.45) is -0.0567. The van der Waals surface area contributed by atoms with Crippen molar-refractivity contribution in [2.24, 2.45) is 30.7 Å². The average molecular weight is 1260 g/mol. The number of thiazole rings is 1. The predicted molar refractivity (Wildman–Crippen MR) is 298 cm³/mol. The zero-order valence-corrected chi connectivity index (χ0v) is 48.2. The molecule has 0 atom stereocenters. The third kappa shape index (κ3) is 16.7. The number of hydrogen-bond donors (Lipinski definition) is 5. The molecule has 8 rings (SSSR count). The third-order valence-corrected chi connectivity index (χ3v) is 15.6. The van der Waals surface area contributed by atoms with Gasteiger partial charge in [0.2, 0.25) is 16.9 Å². The number of amides is 1. The summed E-state index contributed by atoms with van der Waals surface area (Å²) in [6, 6.07) is 21.6. The molecule has 0 aliphatic heterocycles. The van der Waals surface area contributed by atoms with Crippen molar-refractivity contribution in [3.63, 3.8) is 0 Å². The van der Waals surface area contributed by atoms with Gasteiger partial charge in [-0.25, -0.2) is 9.97 Å². The van der Waals surface area contributed by atoms with E-state index in [1.165, 1.54) is 35.2 Å². The number of pyridine rings is 1. The van der Waals surface area contributed by atoms with Gasteiger partial charge in [-0.3, -0.25) is 22.9 Å². The molecular formula is C46H41N11O18S7. The molecule has 5 N–H and O–H groups in total. The lowest BCUT2D eigenvalue weighted by molar-refractivity contribution is -0.114. The number of fused-ring (bicyclic) bond motifs is 6. The topological polar surface area (TPSA) is 452 Å². The molecule has 0 fully saturated rings. The van der Waals surface area contributed by atoms with Crippen molar-refractivity contribution in [1.29, 1.82) is 5.26 Å². The molecule has 0 unspecified atom stereocenters. The number of carbonyl (C=O) groups excluding carboxylic acids is 1. The van der Waals surface area contributed by atoms with Crippen molar-refractivity contribution in [2.45, 2.75) is 50.3 Å². The number of ether oxygens (including phenoxy) is 1. The van der Waals surface area contributed by atoms with E-state index in [4.69, 9.17) is 30.0 Å². The number of hydrogen-bond acceptors (Lipinski definition) is 26. The first-order valence-electron chi connectivity index (χ1n) is 22.8. The number of nitrogens with one attached hydrogen (secondary N) is 1. The summed E-state index contributed by atoms with van der Waals surface area (Å²) in [5, 5.41) is 52.4. The summed E-state index contributed by atoms with van der Waals surface area (Å²) < 4.78 is 158. The van der Waals surface area contributed by atoms with Gasteiger partial charge < -0.3 is 15.2 Å². The van der Waals surface area contributed by atoms with Gasteiger partial charge >= 0.3 is 21.2 Å². The SMILES string of the molecule is CC(=O)Nc1ccc2c(c1)nc1c(C#N)c(C)c(N=Nc3cc(C)c(N=Nc4cc(C)c(N=Nc5nc6c(S(=O)(=O)O)cc7ccccc7c6s5)cc4SCCCS(=O)(=O)O)cc3OCCCS(=O)(=O)O)c(O)n12.O=S(=O)=O.O=S(=O)=O. The smallest absolute Gasteiger partial charge is 0.425 e. The molecule has 36 heteroatoms. The quantitative estimate of drug-likeness (QED) is 0.0231. The van der Waals surface area contributed by atoms with Crippen LogP contribution >= 0.6 is 23.1 Å². The van der Waals surface area contributed by atoms with Crippen LogP contribution in [0.1, 0.15) is 42.0 Å².